The van der Waals surface area contributed by atoms with Gasteiger partial charge in [0.1, 0.15) is 0 Å². The molecule has 2 atom stereocenters. The minimum atomic E-state index is -0.207. The van der Waals surface area contributed by atoms with E-state index in [0.717, 1.165) is 23.1 Å². The lowest BCUT2D eigenvalue weighted by molar-refractivity contribution is -0.137. The highest BCUT2D eigenvalue weighted by molar-refractivity contribution is 5.81. The van der Waals surface area contributed by atoms with Gasteiger partial charge in [0.2, 0.25) is 5.91 Å². The van der Waals surface area contributed by atoms with Crippen LogP contribution >= 0.6 is 0 Å². The van der Waals surface area contributed by atoms with Gasteiger partial charge in [-0.3, -0.25) is 9.48 Å². The van der Waals surface area contributed by atoms with Gasteiger partial charge in [-0.15, -0.1) is 0 Å². The smallest absolute Gasteiger partial charge is 0.229 e. The summed E-state index contributed by atoms with van der Waals surface area (Å²) in [5.41, 5.74) is 3.25. The average Bonchev–Trinajstić information content (AvgIpc) is 3.44. The van der Waals surface area contributed by atoms with Crippen LogP contribution in [0.25, 0.3) is 10.9 Å². The van der Waals surface area contributed by atoms with Crippen molar-refractivity contribution in [1.82, 2.24) is 19.7 Å². The fourth-order valence-corrected chi connectivity index (χ4v) is 3.95. The van der Waals surface area contributed by atoms with Crippen LogP contribution in [0.1, 0.15) is 50.5 Å². The van der Waals surface area contributed by atoms with Crippen molar-refractivity contribution < 1.29 is 9.53 Å². The van der Waals surface area contributed by atoms with E-state index in [4.69, 9.17) is 4.74 Å². The molecule has 6 nitrogen and oxygen atoms in total. The monoisotopic (exact) mass is 380 g/mol. The van der Waals surface area contributed by atoms with E-state index in [9.17, 15) is 4.79 Å². The van der Waals surface area contributed by atoms with Gasteiger partial charge in [-0.1, -0.05) is 6.07 Å². The van der Waals surface area contributed by atoms with Gasteiger partial charge in [-0.05, 0) is 56.3 Å². The second kappa shape index (κ2) is 7.80. The highest BCUT2D eigenvalue weighted by atomic mass is 16.5. The molecule has 3 heterocycles. The van der Waals surface area contributed by atoms with Gasteiger partial charge in [0, 0.05) is 49.2 Å². The largest absolute Gasteiger partial charge is 0.373 e. The quantitative estimate of drug-likeness (QED) is 0.701. The molecule has 28 heavy (non-hydrogen) atoms. The number of amides is 1. The summed E-state index contributed by atoms with van der Waals surface area (Å²) in [6.45, 7) is 8.13. The first kappa shape index (κ1) is 18.7. The van der Waals surface area contributed by atoms with Crippen LogP contribution in [0, 0.1) is 5.92 Å². The van der Waals surface area contributed by atoms with Gasteiger partial charge < -0.3 is 14.6 Å². The molecule has 0 unspecified atom stereocenters. The van der Waals surface area contributed by atoms with Gasteiger partial charge in [0.15, 0.2) is 0 Å². The molecular weight excluding hydrogens is 352 g/mol. The molecule has 1 saturated heterocycles. The lowest BCUT2D eigenvalue weighted by Crippen LogP contribution is -2.36. The van der Waals surface area contributed by atoms with Gasteiger partial charge >= 0.3 is 0 Å². The van der Waals surface area contributed by atoms with Crippen molar-refractivity contribution in [3.05, 3.63) is 54.0 Å². The van der Waals surface area contributed by atoms with Crippen molar-refractivity contribution in [3.8, 4) is 0 Å². The third-order valence-corrected chi connectivity index (χ3v) is 5.57. The number of carbonyl (C=O) groups is 1. The van der Waals surface area contributed by atoms with Crippen LogP contribution in [0.4, 0.5) is 0 Å². The van der Waals surface area contributed by atoms with Crippen LogP contribution in [0.5, 0.6) is 0 Å². The van der Waals surface area contributed by atoms with E-state index in [1.165, 1.54) is 5.39 Å². The summed E-state index contributed by atoms with van der Waals surface area (Å²) in [5.74, 6) is 0.0113. The summed E-state index contributed by atoms with van der Waals surface area (Å²) in [7, 11) is 0. The van der Waals surface area contributed by atoms with Crippen LogP contribution in [-0.2, 0) is 16.1 Å². The molecule has 0 radical (unpaired) electrons. The standard InChI is InChI=1S/C22H28N4O2/c1-4-25(13-16-5-6-20-17(11-16)7-9-23-20)22(27)19-8-10-28-21(19)18-12-24-26(14-18)15(2)3/h5-7,9,11-12,14-15,19,21,23H,4,8,10,13H2,1-3H3/t19-,21+/m0/s1. The molecule has 0 aliphatic carbocycles. The van der Waals surface area contributed by atoms with Crippen LogP contribution in [-0.4, -0.2) is 38.7 Å². The molecule has 1 N–H and O–H groups in total. The van der Waals surface area contributed by atoms with Crippen LogP contribution in [0.2, 0.25) is 0 Å². The van der Waals surface area contributed by atoms with Crippen molar-refractivity contribution in [2.24, 2.45) is 5.92 Å². The van der Waals surface area contributed by atoms with E-state index in [1.807, 2.05) is 35.1 Å². The Morgan fingerprint density at radius 3 is 3.00 bits per heavy atom. The number of rotatable bonds is 6. The maximum atomic E-state index is 13.3. The van der Waals surface area contributed by atoms with E-state index in [0.29, 0.717) is 25.7 Å². The molecule has 2 aromatic heterocycles. The third kappa shape index (κ3) is 3.56. The molecule has 1 aliphatic rings. The Hall–Kier alpha value is -2.60. The summed E-state index contributed by atoms with van der Waals surface area (Å²) < 4.78 is 7.87. The van der Waals surface area contributed by atoms with E-state index >= 15 is 0 Å². The molecule has 0 saturated carbocycles. The number of benzene rings is 1. The van der Waals surface area contributed by atoms with Crippen molar-refractivity contribution >= 4 is 16.8 Å². The zero-order valence-corrected chi connectivity index (χ0v) is 16.8. The predicted octanol–water partition coefficient (Wildman–Crippen LogP) is 4.07. The topological polar surface area (TPSA) is 63.1 Å². The first-order valence-electron chi connectivity index (χ1n) is 10.1. The molecule has 0 spiro atoms. The van der Waals surface area contributed by atoms with Crippen LogP contribution in [0.3, 0.4) is 0 Å². The first-order chi connectivity index (χ1) is 13.6. The van der Waals surface area contributed by atoms with Crippen molar-refractivity contribution in [1.29, 1.82) is 0 Å². The highest BCUT2D eigenvalue weighted by Crippen LogP contribution is 2.36. The summed E-state index contributed by atoms with van der Waals surface area (Å²) in [4.78, 5) is 18.5. The SMILES string of the molecule is CCN(Cc1ccc2[nH]ccc2c1)C(=O)[C@H]1CCO[C@@H]1c1cnn(C(C)C)c1. The molecule has 1 amide bonds. The van der Waals surface area contributed by atoms with Gasteiger partial charge in [0.05, 0.1) is 18.2 Å². The van der Waals surface area contributed by atoms with Crippen molar-refractivity contribution in [3.63, 3.8) is 0 Å². The normalized spacial score (nSPS) is 19.6. The summed E-state index contributed by atoms with van der Waals surface area (Å²) >= 11 is 0. The van der Waals surface area contributed by atoms with Crippen LogP contribution in [0.15, 0.2) is 42.9 Å². The molecule has 3 aromatic rings. The maximum absolute atomic E-state index is 13.3. The van der Waals surface area contributed by atoms with Gasteiger partial charge in [-0.2, -0.15) is 5.10 Å². The van der Waals surface area contributed by atoms with Crippen molar-refractivity contribution in [2.45, 2.75) is 45.9 Å². The zero-order chi connectivity index (χ0) is 19.7. The number of hydrogen-bond donors (Lipinski definition) is 1. The number of hydrogen-bond acceptors (Lipinski definition) is 3. The number of carbonyl (C=O) groups excluding carboxylic acids is 1. The lowest BCUT2D eigenvalue weighted by atomic mass is 9.95. The number of ether oxygens (including phenoxy) is 1. The molecule has 148 valence electrons. The predicted molar refractivity (Wildman–Crippen MR) is 109 cm³/mol. The zero-order valence-electron chi connectivity index (χ0n) is 16.8. The fourth-order valence-electron chi connectivity index (χ4n) is 3.95. The Labute approximate surface area is 165 Å². The van der Waals surface area contributed by atoms with Crippen molar-refractivity contribution in [2.75, 3.05) is 13.2 Å². The number of H-pyrrole nitrogens is 1. The summed E-state index contributed by atoms with van der Waals surface area (Å²) in [6, 6.07) is 8.66. The Kier molecular flexibility index (Phi) is 5.22. The maximum Gasteiger partial charge on any atom is 0.229 e. The molecule has 0 bridgehead atoms. The molecule has 1 aromatic carbocycles. The van der Waals surface area contributed by atoms with E-state index in [-0.39, 0.29) is 17.9 Å². The van der Waals surface area contributed by atoms with Gasteiger partial charge in [-0.25, -0.2) is 0 Å². The number of nitrogens with one attached hydrogen (secondary N) is 1. The van der Waals surface area contributed by atoms with Gasteiger partial charge in [0.25, 0.3) is 0 Å². The van der Waals surface area contributed by atoms with E-state index in [2.05, 4.69) is 48.2 Å². The lowest BCUT2D eigenvalue weighted by Gasteiger charge is -2.26. The number of nitrogens with zero attached hydrogens (tertiary/aromatic N) is 3. The number of fused-ring (bicyclic) bond motifs is 1. The first-order valence-corrected chi connectivity index (χ1v) is 10.1. The Morgan fingerprint density at radius 2 is 2.25 bits per heavy atom. The second-order valence-corrected chi connectivity index (χ2v) is 7.79. The number of aromatic nitrogens is 3. The minimum Gasteiger partial charge on any atom is -0.373 e. The van der Waals surface area contributed by atoms with E-state index in [1.54, 1.807) is 0 Å². The summed E-state index contributed by atoms with van der Waals surface area (Å²) in [6.07, 6.45) is 6.34. The molecule has 4 rings (SSSR count). The van der Waals surface area contributed by atoms with E-state index < -0.39 is 0 Å². The third-order valence-electron chi connectivity index (χ3n) is 5.57. The Bertz CT molecular complexity index is 958. The average molecular weight is 380 g/mol. The minimum absolute atomic E-state index is 0.152. The highest BCUT2D eigenvalue weighted by Gasteiger charge is 2.38. The Balaban J connectivity index is 1.51. The number of aromatic amines is 1. The van der Waals surface area contributed by atoms with Crippen LogP contribution < -0.4 is 0 Å². The Morgan fingerprint density at radius 1 is 1.39 bits per heavy atom. The molecule has 6 heteroatoms. The molecule has 1 fully saturated rings. The molecule has 1 aliphatic heterocycles. The fraction of sp³-hybridized carbons (Fsp3) is 0.455. The second-order valence-electron chi connectivity index (χ2n) is 7.79. The molecular formula is C22H28N4O2. The summed E-state index contributed by atoms with van der Waals surface area (Å²) in [5, 5.41) is 5.59.